The second-order valence-electron chi connectivity index (χ2n) is 6.63. The molecule has 0 saturated carbocycles. The smallest absolute Gasteiger partial charge is 0.132 e. The maximum atomic E-state index is 15.3. The molecule has 0 aliphatic heterocycles. The molecular formula is C26H19F2P. The molecule has 0 spiro atoms. The third-order valence-electron chi connectivity index (χ3n) is 4.75. The number of hydrogen-bond acceptors (Lipinski definition) is 0. The second kappa shape index (κ2) is 8.51. The third-order valence-corrected chi connectivity index (χ3v) is 7.21. The van der Waals surface area contributed by atoms with E-state index in [4.69, 9.17) is 0 Å². The zero-order valence-electron chi connectivity index (χ0n) is 15.7. The lowest BCUT2D eigenvalue weighted by Gasteiger charge is -2.21. The van der Waals surface area contributed by atoms with Crippen molar-refractivity contribution < 1.29 is 8.78 Å². The summed E-state index contributed by atoms with van der Waals surface area (Å²) >= 11 is 0. The molecule has 4 rings (SSSR count). The zero-order valence-corrected chi connectivity index (χ0v) is 16.6. The van der Waals surface area contributed by atoms with Gasteiger partial charge in [-0.05, 0) is 41.8 Å². The largest absolute Gasteiger partial charge is 0.206 e. The van der Waals surface area contributed by atoms with Crippen LogP contribution >= 0.6 is 7.92 Å². The van der Waals surface area contributed by atoms with Gasteiger partial charge >= 0.3 is 0 Å². The minimum Gasteiger partial charge on any atom is -0.206 e. The van der Waals surface area contributed by atoms with Gasteiger partial charge in [0, 0.05) is 10.9 Å². The van der Waals surface area contributed by atoms with Gasteiger partial charge in [0.05, 0.1) is 0 Å². The number of benzene rings is 4. The molecule has 0 atom stereocenters. The quantitative estimate of drug-likeness (QED) is 0.372. The van der Waals surface area contributed by atoms with Gasteiger partial charge < -0.3 is 0 Å². The van der Waals surface area contributed by atoms with Crippen LogP contribution in [0.5, 0.6) is 0 Å². The van der Waals surface area contributed by atoms with E-state index in [-0.39, 0.29) is 5.56 Å². The normalized spacial score (nSPS) is 10.9. The van der Waals surface area contributed by atoms with Crippen LogP contribution in [0, 0.1) is 11.6 Å². The van der Waals surface area contributed by atoms with Crippen molar-refractivity contribution in [3.05, 3.63) is 132 Å². The molecule has 4 aromatic rings. The molecular weight excluding hydrogens is 381 g/mol. The monoisotopic (exact) mass is 400 g/mol. The van der Waals surface area contributed by atoms with E-state index in [1.165, 1.54) is 12.1 Å². The van der Waals surface area contributed by atoms with Crippen molar-refractivity contribution in [2.24, 2.45) is 0 Å². The van der Waals surface area contributed by atoms with Crippen molar-refractivity contribution in [1.82, 2.24) is 0 Å². The van der Waals surface area contributed by atoms with Crippen molar-refractivity contribution in [3.63, 3.8) is 0 Å². The molecule has 0 heterocycles. The van der Waals surface area contributed by atoms with E-state index in [2.05, 4.69) is 6.58 Å². The van der Waals surface area contributed by atoms with Crippen LogP contribution in [0.4, 0.5) is 8.78 Å². The Balaban J connectivity index is 1.83. The van der Waals surface area contributed by atoms with Crippen molar-refractivity contribution in [1.29, 1.82) is 0 Å². The predicted octanol–water partition coefficient (Wildman–Crippen LogP) is 5.78. The van der Waals surface area contributed by atoms with Crippen molar-refractivity contribution in [2.75, 3.05) is 0 Å². The van der Waals surface area contributed by atoms with Gasteiger partial charge in [-0.2, -0.15) is 0 Å². The van der Waals surface area contributed by atoms with E-state index in [0.29, 0.717) is 10.9 Å². The molecule has 4 aromatic carbocycles. The first-order valence-electron chi connectivity index (χ1n) is 9.29. The lowest BCUT2D eigenvalue weighted by atomic mass is 9.99. The highest BCUT2D eigenvalue weighted by molar-refractivity contribution is 7.79. The van der Waals surface area contributed by atoms with Crippen LogP contribution in [0.25, 0.3) is 5.57 Å². The van der Waals surface area contributed by atoms with Gasteiger partial charge in [-0.15, -0.1) is 0 Å². The minimum absolute atomic E-state index is 0.188. The highest BCUT2D eigenvalue weighted by Crippen LogP contribution is 2.35. The molecule has 0 radical (unpaired) electrons. The summed E-state index contributed by atoms with van der Waals surface area (Å²) in [7, 11) is -1.21. The average Bonchev–Trinajstić information content (AvgIpc) is 2.78. The number of halogens is 2. The van der Waals surface area contributed by atoms with Crippen LogP contribution in [0.1, 0.15) is 11.1 Å². The molecule has 0 nitrogen and oxygen atoms in total. The Labute approximate surface area is 170 Å². The maximum Gasteiger partial charge on any atom is 0.132 e. The highest BCUT2D eigenvalue weighted by atomic mass is 31.1. The molecule has 0 amide bonds. The van der Waals surface area contributed by atoms with Crippen LogP contribution in [0.2, 0.25) is 0 Å². The van der Waals surface area contributed by atoms with Gasteiger partial charge in [-0.25, -0.2) is 8.78 Å². The van der Waals surface area contributed by atoms with E-state index >= 15 is 8.78 Å². The maximum absolute atomic E-state index is 15.3. The van der Waals surface area contributed by atoms with Crippen molar-refractivity contribution >= 4 is 29.4 Å². The summed E-state index contributed by atoms with van der Waals surface area (Å²) in [5.41, 5.74) is 1.43. The Morgan fingerprint density at radius 3 is 1.62 bits per heavy atom. The van der Waals surface area contributed by atoms with Gasteiger partial charge in [0.2, 0.25) is 0 Å². The molecule has 0 aliphatic carbocycles. The minimum atomic E-state index is -1.21. The van der Waals surface area contributed by atoms with Gasteiger partial charge in [-0.3, -0.25) is 0 Å². The Morgan fingerprint density at radius 2 is 1.10 bits per heavy atom. The Hall–Kier alpha value is -3.09. The first-order valence-corrected chi connectivity index (χ1v) is 10.6. The van der Waals surface area contributed by atoms with Crippen LogP contribution in [-0.4, -0.2) is 0 Å². The van der Waals surface area contributed by atoms with E-state index in [0.717, 1.165) is 16.2 Å². The molecule has 0 aromatic heterocycles. The average molecular weight is 400 g/mol. The van der Waals surface area contributed by atoms with E-state index in [9.17, 15) is 0 Å². The summed E-state index contributed by atoms with van der Waals surface area (Å²) in [4.78, 5) is 0. The van der Waals surface area contributed by atoms with Gasteiger partial charge in [0.1, 0.15) is 11.6 Å². The van der Waals surface area contributed by atoms with Crippen molar-refractivity contribution in [2.45, 2.75) is 0 Å². The Kier molecular flexibility index (Phi) is 5.64. The molecule has 0 N–H and O–H groups in total. The fourth-order valence-electron chi connectivity index (χ4n) is 3.32. The second-order valence-corrected chi connectivity index (χ2v) is 8.82. The molecule has 0 aliphatic rings. The molecule has 3 heteroatoms. The van der Waals surface area contributed by atoms with Crippen LogP contribution in [0.3, 0.4) is 0 Å². The first-order chi connectivity index (χ1) is 14.1. The molecule has 0 saturated heterocycles. The number of rotatable bonds is 5. The van der Waals surface area contributed by atoms with Gasteiger partial charge in [-0.1, -0.05) is 97.6 Å². The standard InChI is InChI=1S/C26H19F2P/c1-19(20-11-5-2-6-12-20)23-17-25(28)26(18-24(23)27)29(21-13-7-3-8-14-21)22-15-9-4-10-16-22/h2-18H,1H2. The summed E-state index contributed by atoms with van der Waals surface area (Å²) in [6.07, 6.45) is 0. The summed E-state index contributed by atoms with van der Waals surface area (Å²) in [5.74, 6) is -0.882. The van der Waals surface area contributed by atoms with E-state index in [1.807, 2.05) is 91.0 Å². The molecule has 142 valence electrons. The Morgan fingerprint density at radius 1 is 0.621 bits per heavy atom. The molecule has 0 fully saturated rings. The summed E-state index contributed by atoms with van der Waals surface area (Å²) in [6.45, 7) is 3.99. The lowest BCUT2D eigenvalue weighted by molar-refractivity contribution is 0.604. The first kappa shape index (κ1) is 19.2. The summed E-state index contributed by atoms with van der Waals surface area (Å²) in [5, 5.41) is 2.32. The Bertz CT molecular complexity index is 1080. The van der Waals surface area contributed by atoms with E-state index < -0.39 is 19.6 Å². The lowest BCUT2D eigenvalue weighted by Crippen LogP contribution is -2.23. The third kappa shape index (κ3) is 4.04. The molecule has 0 unspecified atom stereocenters. The topological polar surface area (TPSA) is 0 Å². The van der Waals surface area contributed by atoms with Crippen LogP contribution in [0.15, 0.2) is 110 Å². The van der Waals surface area contributed by atoms with Crippen LogP contribution in [-0.2, 0) is 0 Å². The fraction of sp³-hybridized carbons (Fsp3) is 0. The fourth-order valence-corrected chi connectivity index (χ4v) is 5.63. The van der Waals surface area contributed by atoms with Gasteiger partial charge in [0.15, 0.2) is 0 Å². The van der Waals surface area contributed by atoms with Crippen LogP contribution < -0.4 is 15.9 Å². The SMILES string of the molecule is C=C(c1ccccc1)c1cc(F)c(P(c2ccccc2)c2ccccc2)cc1F. The molecule has 29 heavy (non-hydrogen) atoms. The van der Waals surface area contributed by atoms with Gasteiger partial charge in [0.25, 0.3) is 0 Å². The predicted molar refractivity (Wildman–Crippen MR) is 120 cm³/mol. The summed E-state index contributed by atoms with van der Waals surface area (Å²) < 4.78 is 30.5. The van der Waals surface area contributed by atoms with E-state index in [1.54, 1.807) is 0 Å². The highest BCUT2D eigenvalue weighted by Gasteiger charge is 2.22. The molecule has 0 bridgehead atoms. The number of hydrogen-bond donors (Lipinski definition) is 0. The zero-order chi connectivity index (χ0) is 20.2. The van der Waals surface area contributed by atoms with Crippen molar-refractivity contribution in [3.8, 4) is 0 Å². The summed E-state index contributed by atoms with van der Waals surface area (Å²) in [6, 6.07) is 31.3.